The molecule has 10 heteroatoms. The molecular weight excluding hydrogens is 386 g/mol. The number of amides is 3. The molecule has 10 nitrogen and oxygen atoms in total. The van der Waals surface area contributed by atoms with Crippen LogP contribution in [-0.2, 0) is 21.1 Å². The number of carbonyl (C=O) groups excluding carboxylic acids is 3. The maximum Gasteiger partial charge on any atom is 0.272 e. The summed E-state index contributed by atoms with van der Waals surface area (Å²) < 4.78 is 4.95. The van der Waals surface area contributed by atoms with Gasteiger partial charge in [0.25, 0.3) is 17.7 Å². The van der Waals surface area contributed by atoms with Crippen LogP contribution in [0, 0.1) is 0 Å². The largest absolute Gasteiger partial charge is 0.349 e. The number of nitrogens with two attached hydrogens (primary N) is 1. The topological polar surface area (TPSA) is 128 Å². The number of aryl methyl sites for hydroxylation is 3. The van der Waals surface area contributed by atoms with Crippen molar-refractivity contribution in [3.05, 3.63) is 59.9 Å². The summed E-state index contributed by atoms with van der Waals surface area (Å²) in [6.45, 7) is 0.711. The van der Waals surface area contributed by atoms with Crippen LogP contribution < -0.4 is 21.7 Å². The molecule has 0 aliphatic carbocycles. The van der Waals surface area contributed by atoms with Gasteiger partial charge in [0.15, 0.2) is 0 Å². The Kier molecular flexibility index (Phi) is 6.07. The van der Waals surface area contributed by atoms with Crippen molar-refractivity contribution in [3.63, 3.8) is 0 Å². The zero-order chi connectivity index (χ0) is 21.8. The van der Waals surface area contributed by atoms with Gasteiger partial charge in [-0.2, -0.15) is 0 Å². The van der Waals surface area contributed by atoms with Gasteiger partial charge in [0.2, 0.25) is 0 Å². The van der Waals surface area contributed by atoms with E-state index < -0.39 is 0 Å². The molecule has 0 spiro atoms. The lowest BCUT2D eigenvalue weighted by Gasteiger charge is -2.03. The fraction of sp³-hybridized carbons (Fsp3) is 0.250. The number of nitrogens with zero attached hydrogens (tertiary/aromatic N) is 3. The molecule has 0 radical (unpaired) electrons. The molecule has 0 aliphatic rings. The Morgan fingerprint density at radius 3 is 1.87 bits per heavy atom. The molecule has 0 aliphatic heterocycles. The number of anilines is 2. The van der Waals surface area contributed by atoms with Crippen LogP contribution in [0.1, 0.15) is 31.5 Å². The molecule has 0 atom stereocenters. The fourth-order valence-electron chi connectivity index (χ4n) is 3.08. The van der Waals surface area contributed by atoms with Gasteiger partial charge in [-0.3, -0.25) is 14.4 Å². The van der Waals surface area contributed by atoms with E-state index in [4.69, 9.17) is 5.73 Å². The van der Waals surface area contributed by atoms with Crippen molar-refractivity contribution in [2.45, 2.75) is 0 Å². The molecule has 158 valence electrons. The van der Waals surface area contributed by atoms with E-state index in [1.807, 2.05) is 0 Å². The predicted octanol–water partition coefficient (Wildman–Crippen LogP) is 0.895. The van der Waals surface area contributed by atoms with E-state index in [2.05, 4.69) is 16.0 Å². The molecule has 5 N–H and O–H groups in total. The average Bonchev–Trinajstić information content (AvgIpc) is 3.38. The Morgan fingerprint density at radius 2 is 1.37 bits per heavy atom. The minimum Gasteiger partial charge on any atom is -0.349 e. The molecule has 0 unspecified atom stereocenters. The van der Waals surface area contributed by atoms with Gasteiger partial charge in [-0.15, -0.1) is 0 Å². The second-order valence-electron chi connectivity index (χ2n) is 6.91. The third kappa shape index (κ3) is 4.44. The Balaban J connectivity index is 1.70. The van der Waals surface area contributed by atoms with Crippen molar-refractivity contribution in [2.75, 3.05) is 23.7 Å². The van der Waals surface area contributed by atoms with Gasteiger partial charge in [-0.1, -0.05) is 0 Å². The molecule has 3 aromatic heterocycles. The summed E-state index contributed by atoms with van der Waals surface area (Å²) >= 11 is 0. The van der Waals surface area contributed by atoms with E-state index in [0.29, 0.717) is 41.5 Å². The highest BCUT2D eigenvalue weighted by molar-refractivity contribution is 6.07. The molecule has 0 aromatic carbocycles. The quantitative estimate of drug-likeness (QED) is 0.460. The predicted molar refractivity (Wildman–Crippen MR) is 114 cm³/mol. The third-order valence-electron chi connectivity index (χ3n) is 4.60. The summed E-state index contributed by atoms with van der Waals surface area (Å²) in [4.78, 5) is 37.2. The fourth-order valence-corrected chi connectivity index (χ4v) is 3.08. The standard InChI is InChI=1S/C20H25N7O3/c1-25-8-4-5-15(25)19(29)23-14-10-17(27(3)12-14)20(30)24-13-9-16(26(2)11-13)18(28)22-7-6-21/h4-5,8-12H,6-7,21H2,1-3H3,(H,22,28)(H,23,29)(H,24,30). The molecule has 3 rings (SSSR count). The first-order valence-electron chi connectivity index (χ1n) is 9.35. The number of hydrogen-bond acceptors (Lipinski definition) is 4. The minimum absolute atomic E-state index is 0.267. The van der Waals surface area contributed by atoms with Gasteiger partial charge < -0.3 is 35.4 Å². The van der Waals surface area contributed by atoms with Crippen LogP contribution in [0.15, 0.2) is 42.9 Å². The highest BCUT2D eigenvalue weighted by atomic mass is 16.2. The van der Waals surface area contributed by atoms with Gasteiger partial charge in [0, 0.05) is 52.8 Å². The van der Waals surface area contributed by atoms with Crippen LogP contribution in [0.2, 0.25) is 0 Å². The summed E-state index contributed by atoms with van der Waals surface area (Å²) in [6, 6.07) is 6.67. The third-order valence-corrected chi connectivity index (χ3v) is 4.60. The zero-order valence-electron chi connectivity index (χ0n) is 17.1. The van der Waals surface area contributed by atoms with Crippen LogP contribution in [0.25, 0.3) is 0 Å². The normalized spacial score (nSPS) is 10.7. The second kappa shape index (κ2) is 8.70. The van der Waals surface area contributed by atoms with Crippen molar-refractivity contribution in [1.29, 1.82) is 0 Å². The molecule has 30 heavy (non-hydrogen) atoms. The lowest BCUT2D eigenvalue weighted by molar-refractivity contribution is 0.0945. The van der Waals surface area contributed by atoms with Gasteiger partial charge in [0.1, 0.15) is 17.1 Å². The molecule has 0 saturated heterocycles. The van der Waals surface area contributed by atoms with Crippen LogP contribution >= 0.6 is 0 Å². The molecule has 3 aromatic rings. The lowest BCUT2D eigenvalue weighted by Crippen LogP contribution is -2.30. The van der Waals surface area contributed by atoms with Gasteiger partial charge in [0.05, 0.1) is 11.4 Å². The summed E-state index contributed by atoms with van der Waals surface area (Å²) in [5.74, 6) is -0.902. The summed E-state index contributed by atoms with van der Waals surface area (Å²) in [5, 5.41) is 8.25. The van der Waals surface area contributed by atoms with E-state index in [0.717, 1.165) is 0 Å². The van der Waals surface area contributed by atoms with E-state index in [9.17, 15) is 14.4 Å². The highest BCUT2D eigenvalue weighted by Gasteiger charge is 2.17. The van der Waals surface area contributed by atoms with Crippen LogP contribution in [0.5, 0.6) is 0 Å². The van der Waals surface area contributed by atoms with Crippen LogP contribution in [0.4, 0.5) is 11.4 Å². The molecule has 3 amide bonds. The second-order valence-corrected chi connectivity index (χ2v) is 6.91. The minimum atomic E-state index is -0.364. The Bertz CT molecular complexity index is 1090. The van der Waals surface area contributed by atoms with Crippen LogP contribution in [-0.4, -0.2) is 44.5 Å². The van der Waals surface area contributed by atoms with Gasteiger partial charge in [-0.05, 0) is 24.3 Å². The summed E-state index contributed by atoms with van der Waals surface area (Å²) in [6.07, 6.45) is 5.09. The van der Waals surface area contributed by atoms with Gasteiger partial charge >= 0.3 is 0 Å². The molecule has 3 heterocycles. The lowest BCUT2D eigenvalue weighted by atomic mass is 10.3. The zero-order valence-corrected chi connectivity index (χ0v) is 17.1. The van der Waals surface area contributed by atoms with Crippen molar-refractivity contribution in [1.82, 2.24) is 19.0 Å². The van der Waals surface area contributed by atoms with Crippen molar-refractivity contribution >= 4 is 29.1 Å². The highest BCUT2D eigenvalue weighted by Crippen LogP contribution is 2.18. The Hall–Kier alpha value is -3.79. The van der Waals surface area contributed by atoms with E-state index in [1.54, 1.807) is 77.7 Å². The molecule has 0 saturated carbocycles. The maximum absolute atomic E-state index is 12.7. The first-order chi connectivity index (χ1) is 14.3. The molecular formula is C20H25N7O3. The molecule has 0 fully saturated rings. The maximum atomic E-state index is 12.7. The van der Waals surface area contributed by atoms with E-state index >= 15 is 0 Å². The SMILES string of the molecule is Cn1cc(NC(=O)c2cc(NC(=O)c3cccn3C)cn2C)cc1C(=O)NCCN. The monoisotopic (exact) mass is 411 g/mol. The summed E-state index contributed by atoms with van der Waals surface area (Å²) in [5.41, 5.74) is 7.66. The van der Waals surface area contributed by atoms with Crippen molar-refractivity contribution in [2.24, 2.45) is 26.9 Å². The smallest absolute Gasteiger partial charge is 0.272 e. The number of nitrogens with one attached hydrogen (secondary N) is 3. The number of hydrogen-bond donors (Lipinski definition) is 4. The summed E-state index contributed by atoms with van der Waals surface area (Å²) in [7, 11) is 5.21. The van der Waals surface area contributed by atoms with Crippen molar-refractivity contribution < 1.29 is 14.4 Å². The number of rotatable bonds is 7. The van der Waals surface area contributed by atoms with E-state index in [-0.39, 0.29) is 17.7 Å². The Labute approximate surface area is 173 Å². The molecule has 0 bridgehead atoms. The van der Waals surface area contributed by atoms with Crippen LogP contribution in [0.3, 0.4) is 0 Å². The average molecular weight is 411 g/mol. The first-order valence-corrected chi connectivity index (χ1v) is 9.35. The van der Waals surface area contributed by atoms with Crippen molar-refractivity contribution in [3.8, 4) is 0 Å². The number of carbonyl (C=O) groups is 3. The Morgan fingerprint density at radius 1 is 0.833 bits per heavy atom. The number of aromatic nitrogens is 3. The first kappa shape index (κ1) is 20.9. The van der Waals surface area contributed by atoms with E-state index in [1.165, 1.54) is 0 Å². The van der Waals surface area contributed by atoms with Gasteiger partial charge in [-0.25, -0.2) is 0 Å².